The van der Waals surface area contributed by atoms with Crippen LogP contribution in [-0.4, -0.2) is 20.0 Å². The highest BCUT2D eigenvalue weighted by Gasteiger charge is 2.10. The Morgan fingerprint density at radius 2 is 1.85 bits per heavy atom. The van der Waals surface area contributed by atoms with Crippen LogP contribution in [0.5, 0.6) is 0 Å². The van der Waals surface area contributed by atoms with Gasteiger partial charge >= 0.3 is 0 Å². The Hall–Kier alpha value is -2.46. The molecule has 0 amide bonds. The van der Waals surface area contributed by atoms with Gasteiger partial charge in [0, 0.05) is 10.4 Å². The van der Waals surface area contributed by atoms with Crippen LogP contribution in [0, 0.1) is 0 Å². The summed E-state index contributed by atoms with van der Waals surface area (Å²) in [5.74, 6) is 0. The number of hydrogen-bond donors (Lipinski definition) is 0. The minimum Gasteiger partial charge on any atom is -0.193 e. The summed E-state index contributed by atoms with van der Waals surface area (Å²) in [4.78, 5) is 0. The number of tetrazole rings is 1. The van der Waals surface area contributed by atoms with Crippen molar-refractivity contribution >= 4 is 28.2 Å². The molecule has 0 aliphatic rings. The van der Waals surface area contributed by atoms with Gasteiger partial charge in [-0.1, -0.05) is 41.9 Å². The first kappa shape index (κ1) is 11.4. The Balaban J connectivity index is 2.16. The fourth-order valence-corrected chi connectivity index (χ4v) is 2.63. The van der Waals surface area contributed by atoms with E-state index in [9.17, 15) is 0 Å². The number of fused-ring (bicyclic) bond motifs is 3. The average Bonchev–Trinajstić information content (AvgIpc) is 2.95. The third kappa shape index (κ3) is 1.66. The molecule has 0 aliphatic carbocycles. The number of aromatic nitrogens is 4. The molecule has 0 atom stereocenters. The third-order valence-electron chi connectivity index (χ3n) is 3.33. The number of halogens is 1. The molecule has 0 unspecified atom stereocenters. The lowest BCUT2D eigenvalue weighted by Crippen LogP contribution is -1.93. The van der Waals surface area contributed by atoms with E-state index in [1.807, 2.05) is 48.5 Å². The standard InChI is InChI=1S/C15H9ClN4/c16-11-5-3-4-10(8-11)13-9-15-17-18-19-20(15)14-7-2-1-6-12(13)14/h1-9H. The van der Waals surface area contributed by atoms with Gasteiger partial charge in [0.1, 0.15) is 0 Å². The molecule has 4 nitrogen and oxygen atoms in total. The van der Waals surface area contributed by atoms with Crippen LogP contribution < -0.4 is 0 Å². The molecule has 0 spiro atoms. The van der Waals surface area contributed by atoms with Crippen molar-refractivity contribution in [2.45, 2.75) is 0 Å². The van der Waals surface area contributed by atoms with E-state index in [0.29, 0.717) is 5.02 Å². The average molecular weight is 281 g/mol. The lowest BCUT2D eigenvalue weighted by Gasteiger charge is -2.08. The lowest BCUT2D eigenvalue weighted by molar-refractivity contribution is 0.842. The minimum atomic E-state index is 0.714. The first-order valence-electron chi connectivity index (χ1n) is 6.19. The van der Waals surface area contributed by atoms with Crippen LogP contribution in [0.25, 0.3) is 27.7 Å². The van der Waals surface area contributed by atoms with Crippen LogP contribution in [0.15, 0.2) is 54.6 Å². The zero-order valence-electron chi connectivity index (χ0n) is 10.4. The molecule has 0 fully saturated rings. The smallest absolute Gasteiger partial charge is 0.180 e. The van der Waals surface area contributed by atoms with Gasteiger partial charge in [-0.15, -0.1) is 5.10 Å². The fraction of sp³-hybridized carbons (Fsp3) is 0. The second kappa shape index (κ2) is 4.28. The molecule has 0 aliphatic heterocycles. The maximum Gasteiger partial charge on any atom is 0.180 e. The van der Waals surface area contributed by atoms with Crippen molar-refractivity contribution in [3.8, 4) is 11.1 Å². The van der Waals surface area contributed by atoms with Gasteiger partial charge in [-0.05, 0) is 45.8 Å². The largest absolute Gasteiger partial charge is 0.193 e. The van der Waals surface area contributed by atoms with Gasteiger partial charge in [-0.25, -0.2) is 0 Å². The van der Waals surface area contributed by atoms with Crippen LogP contribution in [0.2, 0.25) is 5.02 Å². The second-order valence-electron chi connectivity index (χ2n) is 4.53. The van der Waals surface area contributed by atoms with Gasteiger partial charge in [-0.3, -0.25) is 0 Å². The maximum absolute atomic E-state index is 6.10. The lowest BCUT2D eigenvalue weighted by atomic mass is 10.0. The van der Waals surface area contributed by atoms with Crippen molar-refractivity contribution in [1.82, 2.24) is 20.0 Å². The first-order valence-corrected chi connectivity index (χ1v) is 6.56. The number of pyridine rings is 1. The molecular formula is C15H9ClN4. The summed E-state index contributed by atoms with van der Waals surface area (Å²) in [7, 11) is 0. The molecule has 0 bridgehead atoms. The van der Waals surface area contributed by atoms with Gasteiger partial charge in [0.25, 0.3) is 0 Å². The zero-order valence-corrected chi connectivity index (χ0v) is 11.1. The van der Waals surface area contributed by atoms with Crippen molar-refractivity contribution in [3.63, 3.8) is 0 Å². The molecule has 2 aromatic carbocycles. The molecule has 0 N–H and O–H groups in total. The predicted molar refractivity (Wildman–Crippen MR) is 78.7 cm³/mol. The first-order chi connectivity index (χ1) is 9.83. The number of hydrogen-bond acceptors (Lipinski definition) is 3. The van der Waals surface area contributed by atoms with Gasteiger partial charge in [0.15, 0.2) is 5.65 Å². The van der Waals surface area contributed by atoms with E-state index in [1.165, 1.54) is 0 Å². The van der Waals surface area contributed by atoms with Crippen molar-refractivity contribution in [2.75, 3.05) is 0 Å². The van der Waals surface area contributed by atoms with E-state index in [0.717, 1.165) is 27.7 Å². The summed E-state index contributed by atoms with van der Waals surface area (Å²) in [5, 5.41) is 13.6. The molecule has 0 radical (unpaired) electrons. The SMILES string of the molecule is Clc1cccc(-c2cc3nnnn3c3ccccc23)c1. The van der Waals surface area contributed by atoms with E-state index in [4.69, 9.17) is 11.6 Å². The van der Waals surface area contributed by atoms with Crippen LogP contribution >= 0.6 is 11.6 Å². The normalized spacial score (nSPS) is 11.2. The van der Waals surface area contributed by atoms with E-state index in [2.05, 4.69) is 21.6 Å². The topological polar surface area (TPSA) is 43.1 Å². The molecule has 2 aromatic heterocycles. The van der Waals surface area contributed by atoms with Gasteiger partial charge in [0.05, 0.1) is 5.52 Å². The Labute approximate surface area is 119 Å². The number of benzene rings is 2. The summed E-state index contributed by atoms with van der Waals surface area (Å²) < 4.78 is 1.74. The minimum absolute atomic E-state index is 0.714. The van der Waals surface area contributed by atoms with Crippen molar-refractivity contribution in [3.05, 3.63) is 59.6 Å². The number of nitrogens with zero attached hydrogens (tertiary/aromatic N) is 4. The van der Waals surface area contributed by atoms with E-state index >= 15 is 0 Å². The molecule has 2 heterocycles. The number of rotatable bonds is 1. The van der Waals surface area contributed by atoms with Crippen LogP contribution in [0.3, 0.4) is 0 Å². The Morgan fingerprint density at radius 1 is 0.950 bits per heavy atom. The Morgan fingerprint density at radius 3 is 2.75 bits per heavy atom. The van der Waals surface area contributed by atoms with Crippen LogP contribution in [0.4, 0.5) is 0 Å². The molecule has 0 saturated heterocycles. The fourth-order valence-electron chi connectivity index (χ4n) is 2.44. The van der Waals surface area contributed by atoms with Crippen molar-refractivity contribution in [1.29, 1.82) is 0 Å². The molecule has 0 saturated carbocycles. The van der Waals surface area contributed by atoms with E-state index in [1.54, 1.807) is 4.52 Å². The van der Waals surface area contributed by atoms with Crippen molar-refractivity contribution in [2.24, 2.45) is 0 Å². The van der Waals surface area contributed by atoms with Gasteiger partial charge < -0.3 is 0 Å². The number of para-hydroxylation sites is 1. The molecule has 20 heavy (non-hydrogen) atoms. The monoisotopic (exact) mass is 280 g/mol. The summed E-state index contributed by atoms with van der Waals surface area (Å²) in [6, 6.07) is 17.8. The molecule has 96 valence electrons. The van der Waals surface area contributed by atoms with Crippen LogP contribution in [0.1, 0.15) is 0 Å². The second-order valence-corrected chi connectivity index (χ2v) is 4.97. The molecule has 4 rings (SSSR count). The summed E-state index contributed by atoms with van der Waals surface area (Å²) in [5.41, 5.74) is 3.83. The maximum atomic E-state index is 6.10. The third-order valence-corrected chi connectivity index (χ3v) is 3.56. The molecule has 4 aromatic rings. The Bertz CT molecular complexity index is 929. The van der Waals surface area contributed by atoms with Crippen LogP contribution in [-0.2, 0) is 0 Å². The zero-order chi connectivity index (χ0) is 13.5. The Kier molecular flexibility index (Phi) is 2.44. The highest BCUT2D eigenvalue weighted by Crippen LogP contribution is 2.30. The summed E-state index contributed by atoms with van der Waals surface area (Å²) in [6.07, 6.45) is 0. The van der Waals surface area contributed by atoms with Crippen molar-refractivity contribution < 1.29 is 0 Å². The quantitative estimate of drug-likeness (QED) is 0.535. The van der Waals surface area contributed by atoms with E-state index in [-0.39, 0.29) is 0 Å². The summed E-state index contributed by atoms with van der Waals surface area (Å²) >= 11 is 6.10. The molecular weight excluding hydrogens is 272 g/mol. The predicted octanol–water partition coefficient (Wildman–Crippen LogP) is 3.60. The highest BCUT2D eigenvalue weighted by atomic mass is 35.5. The summed E-state index contributed by atoms with van der Waals surface area (Å²) in [6.45, 7) is 0. The molecule has 5 heteroatoms. The highest BCUT2D eigenvalue weighted by molar-refractivity contribution is 6.30. The van der Waals surface area contributed by atoms with E-state index < -0.39 is 0 Å². The van der Waals surface area contributed by atoms with Gasteiger partial charge in [-0.2, -0.15) is 4.52 Å². The van der Waals surface area contributed by atoms with Gasteiger partial charge in [0.2, 0.25) is 0 Å².